The molecule has 0 unspecified atom stereocenters. The lowest BCUT2D eigenvalue weighted by Gasteiger charge is -2.17. The molecule has 0 amide bonds. The summed E-state index contributed by atoms with van der Waals surface area (Å²) in [5.41, 5.74) is 0.351. The number of hydroxylamine groups is 2. The lowest BCUT2D eigenvalue weighted by molar-refractivity contribution is -0.103. The predicted molar refractivity (Wildman–Crippen MR) is 64.8 cm³/mol. The predicted octanol–water partition coefficient (Wildman–Crippen LogP) is 3.41. The fourth-order valence-corrected chi connectivity index (χ4v) is 1.72. The van der Waals surface area contributed by atoms with Gasteiger partial charge >= 0.3 is 5.97 Å². The van der Waals surface area contributed by atoms with Gasteiger partial charge in [0.1, 0.15) is 0 Å². The van der Waals surface area contributed by atoms with Gasteiger partial charge in [-0.05, 0) is 32.0 Å². The van der Waals surface area contributed by atoms with Crippen molar-refractivity contribution in [2.75, 3.05) is 13.1 Å². The van der Waals surface area contributed by atoms with Crippen LogP contribution in [0.1, 0.15) is 24.2 Å². The highest BCUT2D eigenvalue weighted by atomic mass is 35.5. The molecule has 88 valence electrons. The summed E-state index contributed by atoms with van der Waals surface area (Å²) in [6, 6.07) is 4.62. The van der Waals surface area contributed by atoms with Crippen molar-refractivity contribution >= 4 is 29.2 Å². The van der Waals surface area contributed by atoms with E-state index in [1.165, 1.54) is 12.1 Å². The van der Waals surface area contributed by atoms with Gasteiger partial charge in [-0.15, -0.1) is 5.06 Å². The molecule has 0 fully saturated rings. The molecule has 0 bridgehead atoms. The Morgan fingerprint density at radius 3 is 2.12 bits per heavy atom. The molecule has 0 N–H and O–H groups in total. The number of halogens is 2. The molecule has 0 spiro atoms. The first kappa shape index (κ1) is 13.3. The van der Waals surface area contributed by atoms with E-state index in [1.54, 1.807) is 11.1 Å². The molecule has 1 rings (SSSR count). The number of carbonyl (C=O) groups is 1. The quantitative estimate of drug-likeness (QED) is 0.779. The van der Waals surface area contributed by atoms with Crippen molar-refractivity contribution in [3.8, 4) is 0 Å². The van der Waals surface area contributed by atoms with Crippen LogP contribution in [0.4, 0.5) is 0 Å². The molecule has 0 radical (unpaired) electrons. The zero-order valence-corrected chi connectivity index (χ0v) is 10.7. The highest BCUT2D eigenvalue weighted by Crippen LogP contribution is 2.19. The van der Waals surface area contributed by atoms with Crippen molar-refractivity contribution in [3.05, 3.63) is 33.8 Å². The van der Waals surface area contributed by atoms with Crippen LogP contribution in [-0.4, -0.2) is 24.1 Å². The van der Waals surface area contributed by atoms with Gasteiger partial charge in [-0.2, -0.15) is 0 Å². The second-order valence-corrected chi connectivity index (χ2v) is 4.02. The molecule has 1 aromatic carbocycles. The third-order valence-electron chi connectivity index (χ3n) is 2.02. The molecule has 5 heteroatoms. The zero-order chi connectivity index (χ0) is 12.1. The van der Waals surface area contributed by atoms with Crippen LogP contribution in [0.3, 0.4) is 0 Å². The zero-order valence-electron chi connectivity index (χ0n) is 9.17. The van der Waals surface area contributed by atoms with E-state index in [0.29, 0.717) is 28.7 Å². The number of hydrogen-bond donors (Lipinski definition) is 0. The van der Waals surface area contributed by atoms with Crippen LogP contribution < -0.4 is 0 Å². The third kappa shape index (κ3) is 3.67. The second-order valence-electron chi connectivity index (χ2n) is 3.15. The Morgan fingerprint density at radius 2 is 1.69 bits per heavy atom. The van der Waals surface area contributed by atoms with Crippen LogP contribution in [0, 0.1) is 0 Å². The van der Waals surface area contributed by atoms with E-state index in [9.17, 15) is 4.79 Å². The summed E-state index contributed by atoms with van der Waals surface area (Å²) in [6.07, 6.45) is 0. The van der Waals surface area contributed by atoms with Crippen molar-refractivity contribution in [1.82, 2.24) is 5.06 Å². The van der Waals surface area contributed by atoms with E-state index in [2.05, 4.69) is 0 Å². The molecular formula is C11H13Cl2NO2. The molecule has 0 atom stereocenters. The van der Waals surface area contributed by atoms with Crippen LogP contribution in [0.25, 0.3) is 0 Å². The summed E-state index contributed by atoms with van der Waals surface area (Å²) in [5.74, 6) is -0.451. The van der Waals surface area contributed by atoms with E-state index < -0.39 is 5.97 Å². The average molecular weight is 262 g/mol. The van der Waals surface area contributed by atoms with Gasteiger partial charge in [0.2, 0.25) is 0 Å². The van der Waals surface area contributed by atoms with E-state index >= 15 is 0 Å². The van der Waals surface area contributed by atoms with Crippen molar-refractivity contribution in [2.45, 2.75) is 13.8 Å². The molecule has 0 aliphatic heterocycles. The maximum atomic E-state index is 11.7. The summed E-state index contributed by atoms with van der Waals surface area (Å²) in [5, 5.41) is 2.38. The van der Waals surface area contributed by atoms with Gasteiger partial charge in [-0.1, -0.05) is 23.2 Å². The minimum absolute atomic E-state index is 0.351. The first-order valence-corrected chi connectivity index (χ1v) is 5.75. The number of carbonyl (C=O) groups excluding carboxylic acids is 1. The molecule has 0 heterocycles. The highest BCUT2D eigenvalue weighted by molar-refractivity contribution is 6.35. The normalized spacial score (nSPS) is 10.6. The maximum Gasteiger partial charge on any atom is 0.357 e. The molecule has 0 aromatic heterocycles. The van der Waals surface area contributed by atoms with Gasteiger partial charge in [-0.25, -0.2) is 4.79 Å². The summed E-state index contributed by atoms with van der Waals surface area (Å²) in [6.45, 7) is 5.08. The minimum atomic E-state index is -0.451. The molecule has 0 saturated carbocycles. The standard InChI is InChI=1S/C11H13Cl2NO2/c1-3-14(4-2)16-11(15)8-5-9(12)7-10(13)6-8/h5-7H,3-4H2,1-2H3. The average Bonchev–Trinajstić information content (AvgIpc) is 2.24. The highest BCUT2D eigenvalue weighted by Gasteiger charge is 2.12. The van der Waals surface area contributed by atoms with Crippen molar-refractivity contribution < 1.29 is 9.63 Å². The van der Waals surface area contributed by atoms with Crippen LogP contribution in [0.2, 0.25) is 10.0 Å². The van der Waals surface area contributed by atoms with Gasteiger partial charge in [-0.3, -0.25) is 0 Å². The van der Waals surface area contributed by atoms with Gasteiger partial charge in [0.15, 0.2) is 0 Å². The molecule has 0 aliphatic carbocycles. The van der Waals surface area contributed by atoms with Gasteiger partial charge in [0, 0.05) is 23.1 Å². The molecule has 0 aliphatic rings. The Bertz CT molecular complexity index is 358. The van der Waals surface area contributed by atoms with Crippen molar-refractivity contribution in [3.63, 3.8) is 0 Å². The monoisotopic (exact) mass is 261 g/mol. The lowest BCUT2D eigenvalue weighted by Crippen LogP contribution is -2.26. The Morgan fingerprint density at radius 1 is 1.19 bits per heavy atom. The fourth-order valence-electron chi connectivity index (χ4n) is 1.19. The van der Waals surface area contributed by atoms with E-state index in [0.717, 1.165) is 0 Å². The minimum Gasteiger partial charge on any atom is -0.364 e. The summed E-state index contributed by atoms with van der Waals surface area (Å²) in [7, 11) is 0. The molecular weight excluding hydrogens is 249 g/mol. The van der Waals surface area contributed by atoms with Gasteiger partial charge in [0.05, 0.1) is 5.56 Å². The van der Waals surface area contributed by atoms with Crippen molar-refractivity contribution in [2.24, 2.45) is 0 Å². The van der Waals surface area contributed by atoms with Crippen LogP contribution in [-0.2, 0) is 4.84 Å². The number of nitrogens with zero attached hydrogens (tertiary/aromatic N) is 1. The first-order valence-electron chi connectivity index (χ1n) is 5.00. The Labute approximate surface area is 105 Å². The SMILES string of the molecule is CCN(CC)OC(=O)c1cc(Cl)cc(Cl)c1. The smallest absolute Gasteiger partial charge is 0.357 e. The molecule has 3 nitrogen and oxygen atoms in total. The van der Waals surface area contributed by atoms with Crippen LogP contribution in [0.15, 0.2) is 18.2 Å². The van der Waals surface area contributed by atoms with E-state index in [4.69, 9.17) is 28.0 Å². The van der Waals surface area contributed by atoms with Crippen molar-refractivity contribution in [1.29, 1.82) is 0 Å². The lowest BCUT2D eigenvalue weighted by atomic mass is 10.2. The molecule has 1 aromatic rings. The molecule has 0 saturated heterocycles. The third-order valence-corrected chi connectivity index (χ3v) is 2.45. The van der Waals surface area contributed by atoms with Crippen LogP contribution in [0.5, 0.6) is 0 Å². The number of hydrogen-bond acceptors (Lipinski definition) is 3. The maximum absolute atomic E-state index is 11.7. The summed E-state index contributed by atoms with van der Waals surface area (Å²) in [4.78, 5) is 16.8. The van der Waals surface area contributed by atoms with Gasteiger partial charge < -0.3 is 4.84 Å². The van der Waals surface area contributed by atoms with E-state index in [1.807, 2.05) is 13.8 Å². The summed E-state index contributed by atoms with van der Waals surface area (Å²) >= 11 is 11.6. The largest absolute Gasteiger partial charge is 0.364 e. The Kier molecular flexibility index (Phi) is 5.06. The van der Waals surface area contributed by atoms with Crippen LogP contribution >= 0.6 is 23.2 Å². The first-order chi connectivity index (χ1) is 7.56. The number of rotatable bonds is 4. The van der Waals surface area contributed by atoms with Gasteiger partial charge in [0.25, 0.3) is 0 Å². The summed E-state index contributed by atoms with van der Waals surface area (Å²) < 4.78 is 0. The Hall–Kier alpha value is -0.770. The topological polar surface area (TPSA) is 29.5 Å². The Balaban J connectivity index is 2.80. The fraction of sp³-hybridized carbons (Fsp3) is 0.364. The second kappa shape index (κ2) is 6.09. The van der Waals surface area contributed by atoms with E-state index in [-0.39, 0.29) is 0 Å². The molecule has 16 heavy (non-hydrogen) atoms. The number of benzene rings is 1.